The largest absolute Gasteiger partial charge is 0.370 e. The van der Waals surface area contributed by atoms with E-state index in [4.69, 9.17) is 9.97 Å². The number of carbonyl (C=O) groups is 1. The maximum Gasteiger partial charge on any atom is 0.219 e. The van der Waals surface area contributed by atoms with Crippen molar-refractivity contribution in [3.8, 4) is 11.5 Å². The van der Waals surface area contributed by atoms with Gasteiger partial charge in [-0.3, -0.25) is 14.8 Å². The summed E-state index contributed by atoms with van der Waals surface area (Å²) in [5.74, 6) is 1.50. The van der Waals surface area contributed by atoms with E-state index in [0.29, 0.717) is 18.9 Å². The molecule has 1 amide bonds. The van der Waals surface area contributed by atoms with Crippen molar-refractivity contribution in [3.63, 3.8) is 0 Å². The summed E-state index contributed by atoms with van der Waals surface area (Å²) < 4.78 is 0. The number of rotatable bonds is 6. The Kier molecular flexibility index (Phi) is 5.74. The number of pyridine rings is 2. The van der Waals surface area contributed by atoms with Crippen LogP contribution in [0.2, 0.25) is 0 Å². The zero-order chi connectivity index (χ0) is 20.1. The van der Waals surface area contributed by atoms with Gasteiger partial charge in [-0.15, -0.1) is 0 Å². The quantitative estimate of drug-likeness (QED) is 0.654. The number of anilines is 1. The zero-order valence-electron chi connectivity index (χ0n) is 16.5. The number of nitrogens with zero attached hydrogens (tertiary/aromatic N) is 5. The van der Waals surface area contributed by atoms with Crippen LogP contribution in [0.4, 0.5) is 5.82 Å². The first-order valence-electron chi connectivity index (χ1n) is 9.91. The van der Waals surface area contributed by atoms with Crippen LogP contribution in [-0.2, 0) is 24.2 Å². The second-order valence-corrected chi connectivity index (χ2v) is 7.08. The minimum absolute atomic E-state index is 0.0681. The number of fused-ring (bicyclic) bond motifs is 1. The van der Waals surface area contributed by atoms with Gasteiger partial charge in [0.25, 0.3) is 0 Å². The lowest BCUT2D eigenvalue weighted by Gasteiger charge is -2.28. The number of nitrogens with one attached hydrogen (secondary N) is 1. The van der Waals surface area contributed by atoms with Gasteiger partial charge in [-0.05, 0) is 43.5 Å². The van der Waals surface area contributed by atoms with Gasteiger partial charge in [-0.1, -0.05) is 12.1 Å². The molecule has 3 aromatic rings. The van der Waals surface area contributed by atoms with Crippen LogP contribution in [0.25, 0.3) is 11.5 Å². The third kappa shape index (κ3) is 4.56. The maximum atomic E-state index is 11.8. The van der Waals surface area contributed by atoms with Crippen LogP contribution in [0.3, 0.4) is 0 Å². The lowest BCUT2D eigenvalue weighted by atomic mass is 10.0. The molecule has 0 spiro atoms. The second-order valence-electron chi connectivity index (χ2n) is 7.08. The average molecular weight is 388 g/mol. The van der Waals surface area contributed by atoms with E-state index >= 15 is 0 Å². The van der Waals surface area contributed by atoms with Crippen molar-refractivity contribution in [2.45, 2.75) is 32.7 Å². The standard InChI is InChI=1S/C22H24N6O/c1-16(29)28-14-10-18-20(15-28)26-22(19-9-3-5-12-24-19)27-21(18)25-13-6-8-17-7-2-4-11-23-17/h2-5,7,9,11-12H,6,8,10,13-15H2,1H3,(H,25,26,27). The average Bonchev–Trinajstić information content (AvgIpc) is 2.77. The summed E-state index contributed by atoms with van der Waals surface area (Å²) in [6.45, 7) is 3.59. The van der Waals surface area contributed by atoms with Gasteiger partial charge in [0.1, 0.15) is 11.5 Å². The highest BCUT2D eigenvalue weighted by Gasteiger charge is 2.24. The fourth-order valence-corrected chi connectivity index (χ4v) is 3.48. The zero-order valence-corrected chi connectivity index (χ0v) is 16.5. The summed E-state index contributed by atoms with van der Waals surface area (Å²) in [5, 5.41) is 3.49. The Bertz CT molecular complexity index is 977. The van der Waals surface area contributed by atoms with Crippen molar-refractivity contribution in [1.82, 2.24) is 24.8 Å². The Morgan fingerprint density at radius 2 is 1.93 bits per heavy atom. The van der Waals surface area contributed by atoms with Gasteiger partial charge in [-0.2, -0.15) is 0 Å². The Labute approximate surface area is 170 Å². The molecule has 0 atom stereocenters. The van der Waals surface area contributed by atoms with Crippen LogP contribution in [0.1, 0.15) is 30.3 Å². The lowest BCUT2D eigenvalue weighted by molar-refractivity contribution is -0.129. The van der Waals surface area contributed by atoms with Crippen LogP contribution in [-0.4, -0.2) is 43.8 Å². The summed E-state index contributed by atoms with van der Waals surface area (Å²) in [4.78, 5) is 31.9. The summed E-state index contributed by atoms with van der Waals surface area (Å²) in [5.41, 5.74) is 3.81. The molecule has 4 rings (SSSR count). The smallest absolute Gasteiger partial charge is 0.219 e. The molecular weight excluding hydrogens is 364 g/mol. The number of hydrogen-bond acceptors (Lipinski definition) is 6. The van der Waals surface area contributed by atoms with Crippen molar-refractivity contribution < 1.29 is 4.79 Å². The van der Waals surface area contributed by atoms with Crippen molar-refractivity contribution in [2.75, 3.05) is 18.4 Å². The minimum Gasteiger partial charge on any atom is -0.370 e. The van der Waals surface area contributed by atoms with Crippen LogP contribution >= 0.6 is 0 Å². The van der Waals surface area contributed by atoms with Gasteiger partial charge < -0.3 is 10.2 Å². The fraction of sp³-hybridized carbons (Fsp3) is 0.318. The lowest BCUT2D eigenvalue weighted by Crippen LogP contribution is -2.35. The monoisotopic (exact) mass is 388 g/mol. The third-order valence-electron chi connectivity index (χ3n) is 5.03. The molecule has 3 aromatic heterocycles. The molecule has 1 N–H and O–H groups in total. The van der Waals surface area contributed by atoms with Gasteiger partial charge in [0.2, 0.25) is 5.91 Å². The van der Waals surface area contributed by atoms with Crippen molar-refractivity contribution in [1.29, 1.82) is 0 Å². The van der Waals surface area contributed by atoms with E-state index in [0.717, 1.165) is 54.3 Å². The fourth-order valence-electron chi connectivity index (χ4n) is 3.48. The van der Waals surface area contributed by atoms with E-state index in [-0.39, 0.29) is 5.91 Å². The summed E-state index contributed by atoms with van der Waals surface area (Å²) in [6.07, 6.45) is 6.17. The van der Waals surface area contributed by atoms with E-state index in [2.05, 4.69) is 15.3 Å². The van der Waals surface area contributed by atoms with Gasteiger partial charge in [0.15, 0.2) is 5.82 Å². The number of aryl methyl sites for hydroxylation is 1. The predicted molar refractivity (Wildman–Crippen MR) is 111 cm³/mol. The number of carbonyl (C=O) groups excluding carboxylic acids is 1. The molecule has 0 unspecified atom stereocenters. The number of amides is 1. The predicted octanol–water partition coefficient (Wildman–Crippen LogP) is 2.88. The highest BCUT2D eigenvalue weighted by atomic mass is 16.2. The second kappa shape index (κ2) is 8.77. The first-order valence-corrected chi connectivity index (χ1v) is 9.91. The summed E-state index contributed by atoms with van der Waals surface area (Å²) in [6, 6.07) is 11.7. The third-order valence-corrected chi connectivity index (χ3v) is 5.03. The maximum absolute atomic E-state index is 11.8. The molecule has 4 heterocycles. The van der Waals surface area contributed by atoms with Crippen LogP contribution in [0, 0.1) is 0 Å². The molecule has 0 saturated heterocycles. The molecule has 7 nitrogen and oxygen atoms in total. The molecule has 1 aliphatic rings. The Hall–Kier alpha value is -3.35. The van der Waals surface area contributed by atoms with E-state index in [1.54, 1.807) is 13.1 Å². The topological polar surface area (TPSA) is 83.9 Å². The molecule has 0 bridgehead atoms. The molecule has 0 radical (unpaired) electrons. The van der Waals surface area contributed by atoms with Crippen molar-refractivity contribution in [2.24, 2.45) is 0 Å². The Morgan fingerprint density at radius 1 is 1.10 bits per heavy atom. The van der Waals surface area contributed by atoms with E-state index < -0.39 is 0 Å². The highest BCUT2D eigenvalue weighted by molar-refractivity contribution is 5.74. The Morgan fingerprint density at radius 3 is 2.66 bits per heavy atom. The highest BCUT2D eigenvalue weighted by Crippen LogP contribution is 2.26. The molecule has 1 aliphatic heterocycles. The number of hydrogen-bond donors (Lipinski definition) is 1. The summed E-state index contributed by atoms with van der Waals surface area (Å²) in [7, 11) is 0. The molecule has 0 aliphatic carbocycles. The molecule has 29 heavy (non-hydrogen) atoms. The molecule has 0 saturated carbocycles. The minimum atomic E-state index is 0.0681. The SMILES string of the molecule is CC(=O)N1CCc2c(nc(-c3ccccn3)nc2NCCCc2ccccn2)C1. The summed E-state index contributed by atoms with van der Waals surface area (Å²) >= 11 is 0. The molecule has 7 heteroatoms. The molecule has 0 fully saturated rings. The van der Waals surface area contributed by atoms with E-state index in [1.807, 2.05) is 47.5 Å². The van der Waals surface area contributed by atoms with E-state index in [1.165, 1.54) is 0 Å². The van der Waals surface area contributed by atoms with Crippen LogP contribution in [0.15, 0.2) is 48.8 Å². The van der Waals surface area contributed by atoms with Crippen LogP contribution < -0.4 is 5.32 Å². The van der Waals surface area contributed by atoms with Gasteiger partial charge >= 0.3 is 0 Å². The van der Waals surface area contributed by atoms with Gasteiger partial charge in [0.05, 0.1) is 12.2 Å². The van der Waals surface area contributed by atoms with Gasteiger partial charge in [-0.25, -0.2) is 9.97 Å². The first-order chi connectivity index (χ1) is 14.2. The molecular formula is C22H24N6O. The Balaban J connectivity index is 1.55. The molecule has 148 valence electrons. The number of aromatic nitrogens is 4. The van der Waals surface area contributed by atoms with Gasteiger partial charge in [0, 0.05) is 43.7 Å². The van der Waals surface area contributed by atoms with Crippen molar-refractivity contribution >= 4 is 11.7 Å². The van der Waals surface area contributed by atoms with Crippen LogP contribution in [0.5, 0.6) is 0 Å². The first kappa shape index (κ1) is 19.0. The van der Waals surface area contributed by atoms with E-state index in [9.17, 15) is 4.79 Å². The van der Waals surface area contributed by atoms with Crippen molar-refractivity contribution in [3.05, 3.63) is 65.7 Å². The normalized spacial score (nSPS) is 13.1. The molecule has 0 aromatic carbocycles.